The number of nitrogens with one attached hydrogen (secondary N) is 1. The monoisotopic (exact) mass is 370 g/mol. The van der Waals surface area contributed by atoms with Crippen molar-refractivity contribution in [2.75, 3.05) is 33.4 Å². The third-order valence-electron chi connectivity index (χ3n) is 4.77. The van der Waals surface area contributed by atoms with Gasteiger partial charge in [0.1, 0.15) is 0 Å². The van der Waals surface area contributed by atoms with E-state index < -0.39 is 5.97 Å². The number of nitrogens with zero attached hydrogens (tertiary/aromatic N) is 1. The first-order valence-corrected chi connectivity index (χ1v) is 9.80. The lowest BCUT2D eigenvalue weighted by molar-refractivity contribution is -0.137. The second-order valence-corrected chi connectivity index (χ2v) is 7.00. The minimum absolute atomic E-state index is 0.0169. The fourth-order valence-electron chi connectivity index (χ4n) is 3.18. The Balaban J connectivity index is 1.95. The highest BCUT2D eigenvalue weighted by Crippen LogP contribution is 2.17. The average molecular weight is 370 g/mol. The number of carbonyl (C=O) groups excluding carboxylic acids is 2. The number of unbranched alkanes of at least 4 members (excludes halogenated alkanes) is 7. The van der Waals surface area contributed by atoms with E-state index in [1.807, 2.05) is 0 Å². The zero-order valence-electron chi connectivity index (χ0n) is 16.0. The van der Waals surface area contributed by atoms with Gasteiger partial charge in [0.15, 0.2) is 0 Å². The van der Waals surface area contributed by atoms with E-state index in [0.717, 1.165) is 51.4 Å². The Bertz CT molecular complexity index is 442. The second kappa shape index (κ2) is 13.6. The SMILES string of the molecule is COCCN1CC(C(=O)NCCCCCCCCCCC(=O)O)CC1=O. The summed E-state index contributed by atoms with van der Waals surface area (Å²) >= 11 is 0. The molecule has 0 aromatic heterocycles. The van der Waals surface area contributed by atoms with Gasteiger partial charge in [-0.3, -0.25) is 14.4 Å². The number of methoxy groups -OCH3 is 1. The lowest BCUT2D eigenvalue weighted by Gasteiger charge is -2.15. The van der Waals surface area contributed by atoms with Gasteiger partial charge in [0.2, 0.25) is 11.8 Å². The van der Waals surface area contributed by atoms with E-state index in [1.54, 1.807) is 12.0 Å². The number of carboxylic acids is 1. The van der Waals surface area contributed by atoms with Crippen LogP contribution in [0.15, 0.2) is 0 Å². The molecule has 2 N–H and O–H groups in total. The standard InChI is InChI=1S/C19H34N2O5/c1-26-13-12-21-15-16(14-17(21)22)19(25)20-11-9-7-5-3-2-4-6-8-10-18(23)24/h16H,2-15H2,1H3,(H,20,25)(H,23,24). The predicted molar refractivity (Wildman–Crippen MR) is 98.8 cm³/mol. The van der Waals surface area contributed by atoms with Crippen LogP contribution in [0.5, 0.6) is 0 Å². The van der Waals surface area contributed by atoms with E-state index in [2.05, 4.69) is 5.32 Å². The van der Waals surface area contributed by atoms with Gasteiger partial charge in [-0.2, -0.15) is 0 Å². The van der Waals surface area contributed by atoms with Crippen LogP contribution in [0.2, 0.25) is 0 Å². The third-order valence-corrected chi connectivity index (χ3v) is 4.77. The van der Waals surface area contributed by atoms with Gasteiger partial charge in [-0.25, -0.2) is 0 Å². The van der Waals surface area contributed by atoms with E-state index in [0.29, 0.717) is 32.7 Å². The smallest absolute Gasteiger partial charge is 0.303 e. The highest BCUT2D eigenvalue weighted by molar-refractivity contribution is 5.89. The quantitative estimate of drug-likeness (QED) is 0.431. The summed E-state index contributed by atoms with van der Waals surface area (Å²) in [5, 5.41) is 11.5. The Kier molecular flexibility index (Phi) is 11.7. The predicted octanol–water partition coefficient (Wildman–Crippen LogP) is 2.19. The molecule has 1 rings (SSSR count). The summed E-state index contributed by atoms with van der Waals surface area (Å²) in [6.45, 7) is 2.21. The molecule has 26 heavy (non-hydrogen) atoms. The Labute approximate surface area is 156 Å². The van der Waals surface area contributed by atoms with Crippen LogP contribution in [-0.2, 0) is 19.1 Å². The number of hydrogen-bond acceptors (Lipinski definition) is 4. The summed E-state index contributed by atoms with van der Waals surface area (Å²) in [7, 11) is 1.60. The van der Waals surface area contributed by atoms with Crippen LogP contribution < -0.4 is 5.32 Å². The number of carbonyl (C=O) groups is 3. The molecule has 150 valence electrons. The van der Waals surface area contributed by atoms with Crippen molar-refractivity contribution in [1.82, 2.24) is 10.2 Å². The molecule has 1 aliphatic rings. The van der Waals surface area contributed by atoms with Gasteiger partial charge in [-0.1, -0.05) is 38.5 Å². The largest absolute Gasteiger partial charge is 0.481 e. The fourth-order valence-corrected chi connectivity index (χ4v) is 3.18. The third kappa shape index (κ3) is 9.75. The van der Waals surface area contributed by atoms with Crippen LogP contribution in [0.3, 0.4) is 0 Å². The molecule has 7 nitrogen and oxygen atoms in total. The lowest BCUT2D eigenvalue weighted by atomic mass is 10.1. The van der Waals surface area contributed by atoms with Gasteiger partial charge < -0.3 is 20.1 Å². The molecule has 0 saturated carbocycles. The number of hydrogen-bond donors (Lipinski definition) is 2. The van der Waals surface area contributed by atoms with Crippen molar-refractivity contribution < 1.29 is 24.2 Å². The summed E-state index contributed by atoms with van der Waals surface area (Å²) < 4.78 is 4.98. The topological polar surface area (TPSA) is 95.9 Å². The summed E-state index contributed by atoms with van der Waals surface area (Å²) in [5.41, 5.74) is 0. The molecule has 1 atom stereocenters. The first-order valence-electron chi connectivity index (χ1n) is 9.80. The number of likely N-dealkylation sites (tertiary alicyclic amines) is 1. The molecule has 1 saturated heterocycles. The maximum atomic E-state index is 12.1. The molecule has 1 heterocycles. The molecule has 0 radical (unpaired) electrons. The number of aliphatic carboxylic acids is 1. The molecular formula is C19H34N2O5. The molecule has 1 fully saturated rings. The molecule has 0 bridgehead atoms. The van der Waals surface area contributed by atoms with E-state index in [-0.39, 0.29) is 24.2 Å². The zero-order chi connectivity index (χ0) is 19.2. The molecule has 2 amide bonds. The van der Waals surface area contributed by atoms with Crippen molar-refractivity contribution in [1.29, 1.82) is 0 Å². The van der Waals surface area contributed by atoms with Crippen molar-refractivity contribution in [3.05, 3.63) is 0 Å². The first-order chi connectivity index (χ1) is 12.5. The molecule has 1 aliphatic heterocycles. The van der Waals surface area contributed by atoms with Crippen LogP contribution >= 0.6 is 0 Å². The van der Waals surface area contributed by atoms with Crippen LogP contribution in [0.25, 0.3) is 0 Å². The maximum absolute atomic E-state index is 12.1. The van der Waals surface area contributed by atoms with Crippen molar-refractivity contribution in [2.45, 2.75) is 64.2 Å². The van der Waals surface area contributed by atoms with Crippen molar-refractivity contribution in [2.24, 2.45) is 5.92 Å². The average Bonchev–Trinajstić information content (AvgIpc) is 2.98. The second-order valence-electron chi connectivity index (χ2n) is 7.00. The van der Waals surface area contributed by atoms with E-state index in [9.17, 15) is 14.4 Å². The molecule has 0 aromatic carbocycles. The molecule has 0 aliphatic carbocycles. The van der Waals surface area contributed by atoms with Crippen LogP contribution in [0, 0.1) is 5.92 Å². The summed E-state index contributed by atoms with van der Waals surface area (Å²) in [6, 6.07) is 0. The molecule has 7 heteroatoms. The molecular weight excluding hydrogens is 336 g/mol. The van der Waals surface area contributed by atoms with Crippen LogP contribution in [-0.4, -0.2) is 61.1 Å². The highest BCUT2D eigenvalue weighted by Gasteiger charge is 2.33. The number of ether oxygens (including phenoxy) is 1. The van der Waals surface area contributed by atoms with E-state index in [1.165, 1.54) is 0 Å². The van der Waals surface area contributed by atoms with Gasteiger partial charge in [-0.05, 0) is 12.8 Å². The number of carboxylic acid groups (broad SMARTS) is 1. The van der Waals surface area contributed by atoms with Gasteiger partial charge in [0, 0.05) is 39.6 Å². The van der Waals surface area contributed by atoms with Crippen LogP contribution in [0.1, 0.15) is 64.2 Å². The highest BCUT2D eigenvalue weighted by atomic mass is 16.5. The summed E-state index contributed by atoms with van der Waals surface area (Å²) in [6.07, 6.45) is 8.92. The lowest BCUT2D eigenvalue weighted by Crippen LogP contribution is -2.34. The van der Waals surface area contributed by atoms with Gasteiger partial charge in [0.25, 0.3) is 0 Å². The summed E-state index contributed by atoms with van der Waals surface area (Å²) in [5.74, 6) is -0.927. The van der Waals surface area contributed by atoms with E-state index in [4.69, 9.17) is 9.84 Å². The Morgan fingerprint density at radius 1 is 1.12 bits per heavy atom. The molecule has 1 unspecified atom stereocenters. The number of rotatable bonds is 15. The van der Waals surface area contributed by atoms with Gasteiger partial charge in [-0.15, -0.1) is 0 Å². The Morgan fingerprint density at radius 3 is 2.35 bits per heavy atom. The van der Waals surface area contributed by atoms with Gasteiger partial charge >= 0.3 is 5.97 Å². The van der Waals surface area contributed by atoms with Gasteiger partial charge in [0.05, 0.1) is 12.5 Å². The normalized spacial score (nSPS) is 16.9. The van der Waals surface area contributed by atoms with Crippen molar-refractivity contribution in [3.8, 4) is 0 Å². The summed E-state index contributed by atoms with van der Waals surface area (Å²) in [4.78, 5) is 36.0. The maximum Gasteiger partial charge on any atom is 0.303 e. The zero-order valence-corrected chi connectivity index (χ0v) is 16.0. The van der Waals surface area contributed by atoms with Crippen molar-refractivity contribution in [3.63, 3.8) is 0 Å². The Morgan fingerprint density at radius 2 is 1.73 bits per heavy atom. The van der Waals surface area contributed by atoms with E-state index >= 15 is 0 Å². The minimum atomic E-state index is -0.711. The first kappa shape index (κ1) is 22.4. The number of amides is 2. The Hall–Kier alpha value is -1.63. The molecule has 0 aromatic rings. The minimum Gasteiger partial charge on any atom is -0.481 e. The van der Waals surface area contributed by atoms with Crippen LogP contribution in [0.4, 0.5) is 0 Å². The molecule has 0 spiro atoms. The van der Waals surface area contributed by atoms with Crippen molar-refractivity contribution >= 4 is 17.8 Å². The fraction of sp³-hybridized carbons (Fsp3) is 0.842.